The molecule has 2 aromatic heterocycles. The number of rotatable bonds is 7. The maximum atomic E-state index is 13.7. The Bertz CT molecular complexity index is 1090. The van der Waals surface area contributed by atoms with E-state index in [2.05, 4.69) is 30.1 Å². The van der Waals surface area contributed by atoms with E-state index in [1.54, 1.807) is 6.92 Å². The number of alkyl halides is 2. The minimum atomic E-state index is -3.17. The fraction of sp³-hybridized carbons (Fsp3) is 0.176. The molecule has 0 aliphatic heterocycles. The second-order valence-corrected chi connectivity index (χ2v) is 5.90. The molecule has 156 valence electrons. The third-order valence-electron chi connectivity index (χ3n) is 3.79. The average Bonchev–Trinajstić information content (AvgIpc) is 3.17. The van der Waals surface area contributed by atoms with Crippen molar-refractivity contribution < 1.29 is 27.5 Å². The van der Waals surface area contributed by atoms with Gasteiger partial charge in [-0.2, -0.15) is 18.6 Å². The fourth-order valence-corrected chi connectivity index (χ4v) is 2.53. The highest BCUT2D eigenvalue weighted by atomic mass is 19.3. The molecule has 10 nitrogen and oxygen atoms in total. The molecule has 30 heavy (non-hydrogen) atoms. The number of benzene rings is 1. The summed E-state index contributed by atoms with van der Waals surface area (Å²) in [5, 5.41) is 6.54. The van der Waals surface area contributed by atoms with Crippen molar-refractivity contribution in [2.24, 2.45) is 5.73 Å². The largest absolute Gasteiger partial charge is 0.435 e. The number of ether oxygens (including phenoxy) is 1. The molecule has 0 radical (unpaired) electrons. The maximum Gasteiger partial charge on any atom is 0.387 e. The molecule has 2 heterocycles. The van der Waals surface area contributed by atoms with E-state index in [-0.39, 0.29) is 22.9 Å². The number of nitrogens with one attached hydrogen (secondary N) is 1. The Labute approximate surface area is 166 Å². The molecule has 0 unspecified atom stereocenters. The van der Waals surface area contributed by atoms with Crippen molar-refractivity contribution in [3.8, 4) is 11.6 Å². The van der Waals surface area contributed by atoms with E-state index in [0.717, 1.165) is 24.5 Å². The second kappa shape index (κ2) is 8.55. The molecule has 3 aromatic rings. The van der Waals surface area contributed by atoms with Gasteiger partial charge in [-0.3, -0.25) is 9.59 Å². The molecule has 0 aliphatic rings. The topological polar surface area (TPSA) is 138 Å². The quantitative estimate of drug-likeness (QED) is 0.588. The Kier molecular flexibility index (Phi) is 5.90. The second-order valence-electron chi connectivity index (χ2n) is 5.90. The van der Waals surface area contributed by atoms with Crippen LogP contribution in [0.5, 0.6) is 5.75 Å². The Balaban J connectivity index is 1.83. The number of nitrogens with two attached hydrogens (primary N) is 1. The Morgan fingerprint density at radius 2 is 1.90 bits per heavy atom. The third kappa shape index (κ3) is 4.68. The summed E-state index contributed by atoms with van der Waals surface area (Å²) in [6.45, 7) is -1.61. The van der Waals surface area contributed by atoms with Gasteiger partial charge in [-0.15, -0.1) is 0 Å². The summed E-state index contributed by atoms with van der Waals surface area (Å²) in [7, 11) is 0. The van der Waals surface area contributed by atoms with Crippen LogP contribution in [-0.2, 0) is 0 Å². The lowest BCUT2D eigenvalue weighted by Gasteiger charge is -2.15. The third-order valence-corrected chi connectivity index (χ3v) is 3.79. The molecule has 0 saturated heterocycles. The zero-order chi connectivity index (χ0) is 21.8. The molecule has 0 bridgehead atoms. The maximum absolute atomic E-state index is 13.7. The highest BCUT2D eigenvalue weighted by Gasteiger charge is 2.20. The summed E-state index contributed by atoms with van der Waals surface area (Å²) in [6.07, 6.45) is 2.31. The van der Waals surface area contributed by atoms with Gasteiger partial charge in [0.15, 0.2) is 11.6 Å². The van der Waals surface area contributed by atoms with Crippen molar-refractivity contribution in [1.29, 1.82) is 0 Å². The highest BCUT2D eigenvalue weighted by Crippen LogP contribution is 2.20. The van der Waals surface area contributed by atoms with Crippen molar-refractivity contribution in [2.75, 3.05) is 0 Å². The zero-order valence-corrected chi connectivity index (χ0v) is 15.3. The van der Waals surface area contributed by atoms with E-state index in [1.807, 2.05) is 0 Å². The zero-order valence-electron chi connectivity index (χ0n) is 15.3. The molecule has 0 saturated carbocycles. The fourth-order valence-electron chi connectivity index (χ4n) is 2.53. The molecule has 13 heteroatoms. The van der Waals surface area contributed by atoms with Crippen molar-refractivity contribution in [3.63, 3.8) is 0 Å². The highest BCUT2D eigenvalue weighted by molar-refractivity contribution is 5.94. The Morgan fingerprint density at radius 1 is 1.13 bits per heavy atom. The van der Waals surface area contributed by atoms with Gasteiger partial charge in [0.2, 0.25) is 0 Å². The van der Waals surface area contributed by atoms with E-state index in [1.165, 1.54) is 17.1 Å². The number of primary amides is 1. The van der Waals surface area contributed by atoms with E-state index in [9.17, 15) is 22.8 Å². The lowest BCUT2D eigenvalue weighted by atomic mass is 10.1. The van der Waals surface area contributed by atoms with Gasteiger partial charge >= 0.3 is 6.61 Å². The first-order chi connectivity index (χ1) is 14.2. The van der Waals surface area contributed by atoms with Crippen molar-refractivity contribution >= 4 is 11.8 Å². The number of aromatic nitrogens is 5. The van der Waals surface area contributed by atoms with E-state index in [0.29, 0.717) is 0 Å². The molecule has 1 atom stereocenters. The van der Waals surface area contributed by atoms with Gasteiger partial charge in [0.05, 0.1) is 6.04 Å². The van der Waals surface area contributed by atoms with Gasteiger partial charge in [-0.05, 0) is 19.1 Å². The number of halogens is 3. The monoisotopic (exact) mass is 421 g/mol. The SMILES string of the molecule is C[C@H](NC(=O)c1cc(F)cc(OC(F)F)c1)c1ncnn1-c1cc(C(N)=O)ncn1. The van der Waals surface area contributed by atoms with Gasteiger partial charge in [0.25, 0.3) is 11.8 Å². The predicted molar refractivity (Wildman–Crippen MR) is 94.4 cm³/mol. The molecular formula is C17H14F3N7O3. The summed E-state index contributed by atoms with van der Waals surface area (Å²) in [6, 6.07) is 3.10. The summed E-state index contributed by atoms with van der Waals surface area (Å²) >= 11 is 0. The first-order valence-corrected chi connectivity index (χ1v) is 8.33. The van der Waals surface area contributed by atoms with Crippen molar-refractivity contribution in [1.82, 2.24) is 30.0 Å². The number of carbonyl (C=O) groups is 2. The van der Waals surface area contributed by atoms with Crippen LogP contribution >= 0.6 is 0 Å². The van der Waals surface area contributed by atoms with Crippen LogP contribution in [-0.4, -0.2) is 43.2 Å². The van der Waals surface area contributed by atoms with Gasteiger partial charge in [0, 0.05) is 17.7 Å². The predicted octanol–water partition coefficient (Wildman–Crippen LogP) is 1.39. The standard InChI is InChI=1S/C17H14F3N7O3/c1-8(26-16(29)9-2-10(18)4-11(3-9)30-17(19)20)15-24-7-25-27(15)13-5-12(14(21)28)22-6-23-13/h2-8,17H,1H3,(H2,21,28)(H,26,29)/t8-/m0/s1. The first kappa shape index (κ1) is 20.7. The number of hydrogen-bond acceptors (Lipinski definition) is 7. The molecule has 1 aromatic carbocycles. The van der Waals surface area contributed by atoms with Crippen LogP contribution in [0.25, 0.3) is 5.82 Å². The van der Waals surface area contributed by atoms with Crippen LogP contribution in [0.3, 0.4) is 0 Å². The smallest absolute Gasteiger partial charge is 0.387 e. The molecule has 0 aliphatic carbocycles. The summed E-state index contributed by atoms with van der Waals surface area (Å²) in [4.78, 5) is 35.5. The van der Waals surface area contributed by atoms with Gasteiger partial charge in [-0.1, -0.05) is 0 Å². The van der Waals surface area contributed by atoms with E-state index in [4.69, 9.17) is 5.73 Å². The van der Waals surface area contributed by atoms with Crippen molar-refractivity contribution in [3.05, 3.63) is 59.8 Å². The van der Waals surface area contributed by atoms with Crippen LogP contribution < -0.4 is 15.8 Å². The summed E-state index contributed by atoms with van der Waals surface area (Å²) < 4.78 is 43.8. The number of nitrogens with zero attached hydrogens (tertiary/aromatic N) is 5. The number of carbonyl (C=O) groups excluding carboxylic acids is 2. The number of amides is 2. The van der Waals surface area contributed by atoms with Gasteiger partial charge < -0.3 is 15.8 Å². The first-order valence-electron chi connectivity index (χ1n) is 8.33. The summed E-state index contributed by atoms with van der Waals surface area (Å²) in [5.41, 5.74) is 4.91. The Hall–Kier alpha value is -4.03. The van der Waals surface area contributed by atoms with Crippen LogP contribution in [0.15, 0.2) is 36.9 Å². The van der Waals surface area contributed by atoms with E-state index >= 15 is 0 Å². The van der Waals surface area contributed by atoms with Crippen LogP contribution in [0.4, 0.5) is 13.2 Å². The molecular weight excluding hydrogens is 407 g/mol. The van der Waals surface area contributed by atoms with Crippen LogP contribution in [0.1, 0.15) is 39.6 Å². The van der Waals surface area contributed by atoms with Gasteiger partial charge in [-0.25, -0.2) is 19.3 Å². The molecule has 2 amide bonds. The number of hydrogen-bond donors (Lipinski definition) is 2. The minimum absolute atomic E-state index is 0.0514. The molecule has 3 rings (SSSR count). The van der Waals surface area contributed by atoms with E-state index < -0.39 is 36.0 Å². The lowest BCUT2D eigenvalue weighted by molar-refractivity contribution is -0.0500. The normalized spacial score (nSPS) is 11.9. The Morgan fingerprint density at radius 3 is 2.60 bits per heavy atom. The minimum Gasteiger partial charge on any atom is -0.435 e. The lowest BCUT2D eigenvalue weighted by Crippen LogP contribution is -2.29. The summed E-state index contributed by atoms with van der Waals surface area (Å²) in [5.74, 6) is -2.56. The van der Waals surface area contributed by atoms with Crippen molar-refractivity contribution in [2.45, 2.75) is 19.6 Å². The average molecular weight is 421 g/mol. The molecule has 3 N–H and O–H groups in total. The van der Waals surface area contributed by atoms with Gasteiger partial charge in [0.1, 0.15) is 29.9 Å². The molecule has 0 fully saturated rings. The van der Waals surface area contributed by atoms with Crippen LogP contribution in [0, 0.1) is 5.82 Å². The molecule has 0 spiro atoms. The van der Waals surface area contributed by atoms with Crippen LogP contribution in [0.2, 0.25) is 0 Å².